The lowest BCUT2D eigenvalue weighted by Gasteiger charge is -1.97. The van der Waals surface area contributed by atoms with Gasteiger partial charge in [0.1, 0.15) is 0 Å². The summed E-state index contributed by atoms with van der Waals surface area (Å²) in [4.78, 5) is 0. The largest absolute Gasteiger partial charge is 0.522 e. The van der Waals surface area contributed by atoms with E-state index in [-0.39, 0.29) is 0 Å². The molecule has 0 heterocycles. The molecule has 0 unspecified atom stereocenters. The molecule has 0 saturated heterocycles. The monoisotopic (exact) mass is 318 g/mol. The maximum Gasteiger partial charge on any atom is 0.522 e. The molecule has 3 N–H and O–H groups in total. The molecule has 17 heavy (non-hydrogen) atoms. The van der Waals surface area contributed by atoms with Crippen molar-refractivity contribution < 1.29 is 56.8 Å². The molecule has 0 radical (unpaired) electrons. The lowest BCUT2D eigenvalue weighted by molar-refractivity contribution is -0.0510. The van der Waals surface area contributed by atoms with E-state index in [1.807, 2.05) is 0 Å². The van der Waals surface area contributed by atoms with Crippen molar-refractivity contribution >= 4 is 20.5 Å². The summed E-state index contributed by atoms with van der Waals surface area (Å²) in [5.41, 5.74) is -5.53. The summed E-state index contributed by atoms with van der Waals surface area (Å²) in [6.45, 7) is -3.67. The van der Waals surface area contributed by atoms with E-state index in [2.05, 4.69) is 0 Å². The lowest BCUT2D eigenvalue weighted by atomic mass is 11.6. The molecule has 7 nitrogen and oxygen atoms in total. The zero-order valence-electron chi connectivity index (χ0n) is 7.14. The first-order valence-electron chi connectivity index (χ1n) is 2.64. The highest BCUT2D eigenvalue weighted by atomic mass is 32.3. The van der Waals surface area contributed by atoms with E-state index in [1.165, 1.54) is 0 Å². The van der Waals surface area contributed by atoms with Gasteiger partial charge >= 0.3 is 32.7 Å². The minimum Gasteiger partial charge on any atom is -0.279 e. The fourth-order valence-corrected chi connectivity index (χ4v) is 0. The highest BCUT2D eigenvalue weighted by molar-refractivity contribution is 7.86. The van der Waals surface area contributed by atoms with Gasteiger partial charge in [-0.25, -0.2) is 0 Å². The van der Waals surface area contributed by atoms with Gasteiger partial charge in [0.25, 0.3) is 0 Å². The number of halogens is 6. The van der Waals surface area contributed by atoms with Crippen LogP contribution in [0, 0.1) is 0 Å². The van der Waals surface area contributed by atoms with E-state index in [0.717, 1.165) is 0 Å². The zero-order valence-corrected chi connectivity index (χ0v) is 8.77. The van der Waals surface area contributed by atoms with Gasteiger partial charge in [-0.15, -0.1) is 0 Å². The molecule has 0 aliphatic carbocycles. The Morgan fingerprint density at radius 3 is 0.882 bits per heavy atom. The summed E-state index contributed by atoms with van der Waals surface area (Å²) in [6, 6.07) is 0. The van der Waals surface area contributed by atoms with E-state index >= 15 is 0 Å². The van der Waals surface area contributed by atoms with E-state index in [4.69, 9.17) is 30.5 Å². The van der Waals surface area contributed by atoms with Crippen molar-refractivity contribution in [3.8, 4) is 0 Å². The van der Waals surface area contributed by atoms with Gasteiger partial charge in [0.05, 0.1) is 0 Å². The molecule has 0 aliphatic rings. The quantitative estimate of drug-likeness (QED) is 0.344. The van der Waals surface area contributed by atoms with E-state index in [9.17, 15) is 26.3 Å². The molecular formula is C2H4F6O7S2. The van der Waals surface area contributed by atoms with Crippen molar-refractivity contribution in [2.24, 2.45) is 0 Å². The Bertz CT molecular complexity index is 368. The van der Waals surface area contributed by atoms with Gasteiger partial charge in [-0.1, -0.05) is 0 Å². The Balaban J connectivity index is -0.000000188. The Morgan fingerprint density at radius 2 is 0.882 bits per heavy atom. The van der Waals surface area contributed by atoms with Crippen LogP contribution >= 0.6 is 0 Å². The predicted octanol–water partition coefficient (Wildman–Crippen LogP) is 0.920. The second-order valence-electron chi connectivity index (χ2n) is 1.62. The van der Waals surface area contributed by atoms with Gasteiger partial charge in [0.2, 0.25) is 0 Å². The predicted molar refractivity (Wildman–Crippen MR) is 38.9 cm³/mol. The standard InChI is InChI=1S/CHF3O3S.CHF3.H2O4S/c2-1(3,4)8(5,6)7;2-1(3)4;1-5(2,3)4/h(H,5,6,7);1H;(H2,1,2,3,4). The number of hydrogen-bond donors (Lipinski definition) is 3. The maximum absolute atomic E-state index is 10.7. The first-order valence-corrected chi connectivity index (χ1v) is 5.48. The van der Waals surface area contributed by atoms with Crippen molar-refractivity contribution in [3.05, 3.63) is 0 Å². The number of rotatable bonds is 0. The van der Waals surface area contributed by atoms with Gasteiger partial charge in [0, 0.05) is 0 Å². The van der Waals surface area contributed by atoms with Crippen LogP contribution in [0.5, 0.6) is 0 Å². The molecule has 15 heteroatoms. The first-order chi connectivity index (χ1) is 6.98. The smallest absolute Gasteiger partial charge is 0.279 e. The highest BCUT2D eigenvalue weighted by Crippen LogP contribution is 2.20. The normalized spacial score (nSPS) is 12.1. The van der Waals surface area contributed by atoms with E-state index in [0.29, 0.717) is 0 Å². The molecule has 0 aromatic heterocycles. The summed E-state index contributed by atoms with van der Waals surface area (Å²) in [6.07, 6.45) is 0. The van der Waals surface area contributed by atoms with Gasteiger partial charge < -0.3 is 0 Å². The first kappa shape index (κ1) is 21.6. The van der Waals surface area contributed by atoms with Crippen LogP contribution in [0.1, 0.15) is 0 Å². The minimum atomic E-state index is -5.84. The van der Waals surface area contributed by atoms with Crippen molar-refractivity contribution in [2.75, 3.05) is 0 Å². The second kappa shape index (κ2) is 7.64. The highest BCUT2D eigenvalue weighted by Gasteiger charge is 2.44. The van der Waals surface area contributed by atoms with E-state index in [1.54, 1.807) is 0 Å². The van der Waals surface area contributed by atoms with Crippen LogP contribution in [0.3, 0.4) is 0 Å². The fourth-order valence-electron chi connectivity index (χ4n) is 0. The fraction of sp³-hybridized carbons (Fsp3) is 1.00. The van der Waals surface area contributed by atoms with Crippen LogP contribution in [0.25, 0.3) is 0 Å². The SMILES string of the molecule is FC(F)F.O=S(=O)(O)C(F)(F)F.O=S(=O)(O)O. The topological polar surface area (TPSA) is 129 Å². The van der Waals surface area contributed by atoms with Gasteiger partial charge in [-0.05, 0) is 0 Å². The van der Waals surface area contributed by atoms with Crippen LogP contribution < -0.4 is 0 Å². The third kappa shape index (κ3) is 39.2. The molecule has 0 fully saturated rings. The van der Waals surface area contributed by atoms with Crippen LogP contribution in [-0.2, 0) is 20.5 Å². The van der Waals surface area contributed by atoms with Crippen molar-refractivity contribution in [1.29, 1.82) is 0 Å². The molecule has 0 spiro atoms. The minimum absolute atomic E-state index is 3.67. The molecule has 0 atom stereocenters. The van der Waals surface area contributed by atoms with E-state index < -0.39 is 32.7 Å². The molecule has 0 aliphatic heterocycles. The summed E-state index contributed by atoms with van der Waals surface area (Å²) in [5.74, 6) is 0. The maximum atomic E-state index is 10.7. The zero-order chi connectivity index (χ0) is 15.1. The average molecular weight is 318 g/mol. The third-order valence-electron chi connectivity index (χ3n) is 0.292. The van der Waals surface area contributed by atoms with Crippen molar-refractivity contribution in [2.45, 2.75) is 12.2 Å². The molecule has 108 valence electrons. The van der Waals surface area contributed by atoms with Crippen LogP contribution in [-0.4, -0.2) is 42.7 Å². The number of hydrogen-bond acceptors (Lipinski definition) is 4. The Morgan fingerprint density at radius 1 is 0.824 bits per heavy atom. The summed E-state index contributed by atoms with van der Waals surface area (Å²) in [7, 11) is -10.5. The average Bonchev–Trinajstić information content (AvgIpc) is 1.73. The number of alkyl halides is 6. The molecule has 0 bridgehead atoms. The summed E-state index contributed by atoms with van der Waals surface area (Å²) < 4.78 is 118. The Labute approximate surface area is 90.4 Å². The second-order valence-corrected chi connectivity index (χ2v) is 3.92. The van der Waals surface area contributed by atoms with Crippen LogP contribution in [0.15, 0.2) is 0 Å². The molecule has 0 amide bonds. The van der Waals surface area contributed by atoms with Gasteiger partial charge in [-0.3, -0.25) is 13.7 Å². The van der Waals surface area contributed by atoms with Gasteiger partial charge in [0.15, 0.2) is 0 Å². The lowest BCUT2D eigenvalue weighted by Crippen LogP contribution is -2.21. The van der Waals surface area contributed by atoms with Crippen molar-refractivity contribution in [1.82, 2.24) is 0 Å². The molecular weight excluding hydrogens is 314 g/mol. The Kier molecular flexibility index (Phi) is 9.72. The Hall–Kier alpha value is -0.640. The molecule has 0 saturated carbocycles. The summed E-state index contributed by atoms with van der Waals surface area (Å²) >= 11 is 0. The molecule has 0 rings (SSSR count). The van der Waals surface area contributed by atoms with Crippen molar-refractivity contribution in [3.63, 3.8) is 0 Å². The summed E-state index contributed by atoms with van der Waals surface area (Å²) in [5, 5.41) is 0. The molecule has 0 aromatic carbocycles. The third-order valence-corrected chi connectivity index (χ3v) is 0.877. The molecule has 0 aromatic rings. The van der Waals surface area contributed by atoms with Crippen LogP contribution in [0.4, 0.5) is 26.3 Å². The van der Waals surface area contributed by atoms with Crippen LogP contribution in [0.2, 0.25) is 0 Å². The van der Waals surface area contributed by atoms with Gasteiger partial charge in [-0.2, -0.15) is 43.2 Å².